The molecule has 1 rings (SSSR count). The van der Waals surface area contributed by atoms with Crippen molar-refractivity contribution in [1.29, 1.82) is 0 Å². The molecule has 0 aliphatic heterocycles. The number of esters is 1. The fourth-order valence-corrected chi connectivity index (χ4v) is 2.51. The maximum Gasteiger partial charge on any atom is 0.408 e. The van der Waals surface area contributed by atoms with E-state index in [4.69, 9.17) is 9.47 Å². The number of carbonyl (C=O) groups is 2. The van der Waals surface area contributed by atoms with E-state index in [-0.39, 0.29) is 5.92 Å². The fourth-order valence-electron chi connectivity index (χ4n) is 2.51. The zero-order chi connectivity index (χ0) is 16.3. The predicted octanol–water partition coefficient (Wildman–Crippen LogP) is 2.97. The van der Waals surface area contributed by atoms with Gasteiger partial charge in [-0.2, -0.15) is 0 Å². The van der Waals surface area contributed by atoms with E-state index in [1.165, 1.54) is 7.11 Å². The molecule has 1 aliphatic rings. The number of rotatable bonds is 3. The van der Waals surface area contributed by atoms with Gasteiger partial charge in [-0.25, -0.2) is 14.0 Å². The molecule has 0 radical (unpaired) electrons. The van der Waals surface area contributed by atoms with E-state index in [0.29, 0.717) is 25.7 Å². The van der Waals surface area contributed by atoms with Crippen molar-refractivity contribution in [2.75, 3.05) is 7.11 Å². The topological polar surface area (TPSA) is 64.6 Å². The van der Waals surface area contributed by atoms with Crippen molar-refractivity contribution in [2.24, 2.45) is 5.92 Å². The minimum absolute atomic E-state index is 0.131. The van der Waals surface area contributed by atoms with Crippen molar-refractivity contribution in [2.45, 2.75) is 70.7 Å². The number of ether oxygens (including phenoxy) is 2. The lowest BCUT2D eigenvalue weighted by Gasteiger charge is -2.34. The van der Waals surface area contributed by atoms with Gasteiger partial charge in [-0.15, -0.1) is 0 Å². The number of hydrogen-bond acceptors (Lipinski definition) is 4. The summed E-state index contributed by atoms with van der Waals surface area (Å²) in [6.45, 7) is 6.80. The highest BCUT2D eigenvalue weighted by atomic mass is 19.1. The first kappa shape index (κ1) is 17.7. The monoisotopic (exact) mass is 303 g/mol. The molecular formula is C15H26FNO4. The predicted molar refractivity (Wildman–Crippen MR) is 76.6 cm³/mol. The number of nitrogens with one attached hydrogen (secondary N) is 1. The van der Waals surface area contributed by atoms with E-state index in [2.05, 4.69) is 5.32 Å². The molecule has 0 spiro atoms. The summed E-state index contributed by atoms with van der Waals surface area (Å²) < 4.78 is 23.8. The number of alkyl halides is 1. The molecule has 1 saturated carbocycles. The highest BCUT2D eigenvalue weighted by Gasteiger charge is 2.38. The van der Waals surface area contributed by atoms with Crippen LogP contribution in [0.25, 0.3) is 0 Å². The average molecular weight is 303 g/mol. The van der Waals surface area contributed by atoms with Gasteiger partial charge in [-0.3, -0.25) is 0 Å². The normalized spacial score (nSPS) is 27.6. The van der Waals surface area contributed by atoms with Crippen LogP contribution in [-0.4, -0.2) is 36.5 Å². The third-order valence-electron chi connectivity index (χ3n) is 3.67. The first-order valence-corrected chi connectivity index (χ1v) is 7.30. The molecule has 1 atom stereocenters. The zero-order valence-electron chi connectivity index (χ0n) is 13.5. The van der Waals surface area contributed by atoms with Crippen molar-refractivity contribution < 1.29 is 23.5 Å². The van der Waals surface area contributed by atoms with Gasteiger partial charge in [0, 0.05) is 0 Å². The van der Waals surface area contributed by atoms with E-state index in [0.717, 1.165) is 0 Å². The molecule has 0 heterocycles. The van der Waals surface area contributed by atoms with Crippen LogP contribution in [-0.2, 0) is 14.3 Å². The van der Waals surface area contributed by atoms with Crippen LogP contribution >= 0.6 is 0 Å². The molecule has 0 bridgehead atoms. The largest absolute Gasteiger partial charge is 0.467 e. The third kappa shape index (κ3) is 5.89. The molecule has 0 aromatic heterocycles. The van der Waals surface area contributed by atoms with Gasteiger partial charge in [0.15, 0.2) is 0 Å². The van der Waals surface area contributed by atoms with Gasteiger partial charge in [0.2, 0.25) is 0 Å². The number of carbonyl (C=O) groups excluding carboxylic acids is 2. The quantitative estimate of drug-likeness (QED) is 0.814. The highest BCUT2D eigenvalue weighted by Crippen LogP contribution is 2.36. The summed E-state index contributed by atoms with van der Waals surface area (Å²) in [6.07, 6.45) is 1.15. The van der Waals surface area contributed by atoms with Gasteiger partial charge < -0.3 is 14.8 Å². The fraction of sp³-hybridized carbons (Fsp3) is 0.867. The lowest BCUT2D eigenvalue weighted by molar-refractivity contribution is -0.145. The van der Waals surface area contributed by atoms with Crippen molar-refractivity contribution in [3.63, 3.8) is 0 Å². The van der Waals surface area contributed by atoms with Gasteiger partial charge in [-0.05, 0) is 59.3 Å². The molecule has 1 aliphatic carbocycles. The van der Waals surface area contributed by atoms with Crippen LogP contribution < -0.4 is 5.32 Å². The Morgan fingerprint density at radius 1 is 1.29 bits per heavy atom. The van der Waals surface area contributed by atoms with Gasteiger partial charge in [0.05, 0.1) is 7.11 Å². The van der Waals surface area contributed by atoms with Gasteiger partial charge in [0.1, 0.15) is 17.3 Å². The first-order valence-electron chi connectivity index (χ1n) is 7.30. The van der Waals surface area contributed by atoms with Crippen molar-refractivity contribution in [1.82, 2.24) is 5.32 Å². The smallest absolute Gasteiger partial charge is 0.408 e. The van der Waals surface area contributed by atoms with Crippen molar-refractivity contribution >= 4 is 12.1 Å². The second kappa shape index (κ2) is 6.62. The number of amides is 1. The molecule has 1 unspecified atom stereocenters. The molecule has 6 heteroatoms. The molecule has 0 aromatic rings. The number of methoxy groups -OCH3 is 1. The second-order valence-corrected chi connectivity index (χ2v) is 6.90. The summed E-state index contributed by atoms with van der Waals surface area (Å²) in [5.41, 5.74) is -1.84. The van der Waals surface area contributed by atoms with Crippen LogP contribution in [0.15, 0.2) is 0 Å². The Morgan fingerprint density at radius 3 is 2.24 bits per heavy atom. The van der Waals surface area contributed by atoms with E-state index in [1.54, 1.807) is 27.7 Å². The van der Waals surface area contributed by atoms with Crippen molar-refractivity contribution in [3.05, 3.63) is 0 Å². The molecule has 1 fully saturated rings. The Labute approximate surface area is 125 Å². The van der Waals surface area contributed by atoms with Crippen LogP contribution in [0.4, 0.5) is 9.18 Å². The summed E-state index contributed by atoms with van der Waals surface area (Å²) in [7, 11) is 1.27. The SMILES string of the molecule is COC(=O)C(NC(=O)OC(C)(C)C)C1CCC(C)(F)CC1. The number of alkyl carbamates (subject to hydrolysis) is 1. The van der Waals surface area contributed by atoms with Crippen LogP contribution in [0.3, 0.4) is 0 Å². The zero-order valence-corrected chi connectivity index (χ0v) is 13.5. The molecule has 1 amide bonds. The van der Waals surface area contributed by atoms with Crippen molar-refractivity contribution in [3.8, 4) is 0 Å². The Bertz CT molecular complexity index is 380. The molecular weight excluding hydrogens is 277 g/mol. The summed E-state index contributed by atoms with van der Waals surface area (Å²) >= 11 is 0. The molecule has 21 heavy (non-hydrogen) atoms. The van der Waals surface area contributed by atoms with Crippen LogP contribution in [0.2, 0.25) is 0 Å². The second-order valence-electron chi connectivity index (χ2n) is 6.90. The van der Waals surface area contributed by atoms with E-state index in [1.807, 2.05) is 0 Å². The summed E-state index contributed by atoms with van der Waals surface area (Å²) in [4.78, 5) is 23.7. The molecule has 122 valence electrons. The van der Waals surface area contributed by atoms with E-state index >= 15 is 0 Å². The van der Waals surface area contributed by atoms with Crippen LogP contribution in [0.5, 0.6) is 0 Å². The molecule has 0 aromatic carbocycles. The number of hydrogen-bond donors (Lipinski definition) is 1. The van der Waals surface area contributed by atoms with E-state index in [9.17, 15) is 14.0 Å². The van der Waals surface area contributed by atoms with E-state index < -0.39 is 29.4 Å². The van der Waals surface area contributed by atoms with Gasteiger partial charge in [-0.1, -0.05) is 0 Å². The Balaban J connectivity index is 2.69. The molecule has 5 nitrogen and oxygen atoms in total. The Morgan fingerprint density at radius 2 is 1.81 bits per heavy atom. The summed E-state index contributed by atoms with van der Waals surface area (Å²) in [6, 6.07) is -0.791. The first-order chi connectivity index (χ1) is 9.54. The standard InChI is InChI=1S/C15H26FNO4/c1-14(2,3)21-13(19)17-11(12(18)20-5)10-6-8-15(4,16)9-7-10/h10-11H,6-9H2,1-5H3,(H,17,19). The molecule has 0 saturated heterocycles. The maximum atomic E-state index is 13.8. The lowest BCUT2D eigenvalue weighted by atomic mass is 9.77. The lowest BCUT2D eigenvalue weighted by Crippen LogP contribution is -2.49. The summed E-state index contributed by atoms with van der Waals surface area (Å²) in [5.74, 6) is -0.651. The van der Waals surface area contributed by atoms with Crippen LogP contribution in [0, 0.1) is 5.92 Å². The minimum atomic E-state index is -1.19. The highest BCUT2D eigenvalue weighted by molar-refractivity contribution is 5.81. The van der Waals surface area contributed by atoms with Crippen LogP contribution in [0.1, 0.15) is 53.4 Å². The Kier molecular flexibility index (Phi) is 5.59. The minimum Gasteiger partial charge on any atom is -0.467 e. The maximum absolute atomic E-state index is 13.8. The Hall–Kier alpha value is -1.33. The van der Waals surface area contributed by atoms with Gasteiger partial charge >= 0.3 is 12.1 Å². The average Bonchev–Trinajstić information content (AvgIpc) is 2.33. The number of halogens is 1. The third-order valence-corrected chi connectivity index (χ3v) is 3.67. The molecule has 1 N–H and O–H groups in total. The van der Waals surface area contributed by atoms with Gasteiger partial charge in [0.25, 0.3) is 0 Å². The summed E-state index contributed by atoms with van der Waals surface area (Å²) in [5, 5.41) is 2.56.